The van der Waals surface area contributed by atoms with E-state index in [2.05, 4.69) is 20.5 Å². The Morgan fingerprint density at radius 1 is 1.28 bits per heavy atom. The van der Waals surface area contributed by atoms with Gasteiger partial charge in [-0.2, -0.15) is 15.5 Å². The number of hydrogen-bond donors (Lipinski definition) is 2. The van der Waals surface area contributed by atoms with Crippen molar-refractivity contribution in [2.75, 3.05) is 12.4 Å². The highest BCUT2D eigenvalue weighted by molar-refractivity contribution is 6.30. The molecule has 2 N–H and O–H groups in total. The molecule has 0 spiro atoms. The number of aromatic nitrogens is 2. The van der Waals surface area contributed by atoms with Gasteiger partial charge < -0.3 is 10.1 Å². The molecule has 0 aliphatic rings. The minimum Gasteiger partial charge on any atom is -0.473 e. The highest BCUT2D eigenvalue weighted by Gasteiger charge is 2.13. The third-order valence-electron chi connectivity index (χ3n) is 4.17. The average Bonchev–Trinajstić information content (AvgIpc) is 2.73. The van der Waals surface area contributed by atoms with Gasteiger partial charge in [0.1, 0.15) is 6.61 Å². The molecule has 2 amide bonds. The highest BCUT2D eigenvalue weighted by Crippen LogP contribution is 2.24. The smallest absolute Gasteiger partial charge is 0.343 e. The monoisotopic (exact) mass is 410 g/mol. The lowest BCUT2D eigenvalue weighted by Gasteiger charge is -2.16. The Kier molecular flexibility index (Phi) is 6.36. The number of carbonyl (C=O) groups is 1. The van der Waals surface area contributed by atoms with Crippen LogP contribution in [-0.2, 0) is 6.61 Å². The molecule has 0 saturated heterocycles. The normalized spacial score (nSPS) is 10.3. The maximum Gasteiger partial charge on any atom is 0.343 e. The topological polar surface area (TPSA) is 104 Å². The number of benzene rings is 2. The summed E-state index contributed by atoms with van der Waals surface area (Å²) in [6.45, 7) is 2.11. The second-order valence-electron chi connectivity index (χ2n) is 6.17. The predicted octanol–water partition coefficient (Wildman–Crippen LogP) is 5.09. The molecule has 1 heterocycles. The van der Waals surface area contributed by atoms with Crippen LogP contribution >= 0.6 is 11.6 Å². The maximum absolute atomic E-state index is 12.0. The first kappa shape index (κ1) is 20.2. The second kappa shape index (κ2) is 9.11. The number of urea groups is 1. The molecule has 0 aliphatic carbocycles. The summed E-state index contributed by atoms with van der Waals surface area (Å²) in [5.74, 6) is 0.899. The van der Waals surface area contributed by atoms with Crippen molar-refractivity contribution in [1.29, 1.82) is 5.53 Å². The number of nitrogens with one attached hydrogen (secondary N) is 2. The Balaban J connectivity index is 1.79. The van der Waals surface area contributed by atoms with Gasteiger partial charge in [0, 0.05) is 41.1 Å². The molecule has 0 atom stereocenters. The van der Waals surface area contributed by atoms with Gasteiger partial charge in [0.25, 0.3) is 0 Å². The molecule has 1 aromatic heterocycles. The van der Waals surface area contributed by atoms with Crippen molar-refractivity contribution in [3.05, 3.63) is 70.9 Å². The first-order chi connectivity index (χ1) is 14.0. The van der Waals surface area contributed by atoms with Crippen LogP contribution in [0.15, 0.2) is 60.0 Å². The number of ether oxygens (including phenoxy) is 1. The molecule has 0 saturated carbocycles. The van der Waals surface area contributed by atoms with Gasteiger partial charge in [0.05, 0.1) is 0 Å². The zero-order chi connectivity index (χ0) is 20.8. The zero-order valence-corrected chi connectivity index (χ0v) is 16.6. The Bertz CT molecular complexity index is 1040. The number of hydrogen-bond acceptors (Lipinski definition) is 6. The molecule has 2 aromatic carbocycles. The number of carbonyl (C=O) groups excluding carboxylic acids is 1. The summed E-state index contributed by atoms with van der Waals surface area (Å²) < 4.78 is 5.86. The number of amides is 2. The van der Waals surface area contributed by atoms with Crippen LogP contribution in [0.2, 0.25) is 5.02 Å². The van der Waals surface area contributed by atoms with Gasteiger partial charge in [-0.3, -0.25) is 0 Å². The quantitative estimate of drug-likeness (QED) is 0.436. The molecule has 29 heavy (non-hydrogen) atoms. The van der Waals surface area contributed by atoms with Crippen LogP contribution in [0.5, 0.6) is 5.88 Å². The third kappa shape index (κ3) is 5.05. The van der Waals surface area contributed by atoms with E-state index in [-0.39, 0.29) is 6.61 Å². The van der Waals surface area contributed by atoms with Gasteiger partial charge >= 0.3 is 6.03 Å². The van der Waals surface area contributed by atoms with E-state index in [1.54, 1.807) is 30.5 Å². The molecule has 3 rings (SSSR count). The summed E-state index contributed by atoms with van der Waals surface area (Å²) in [5.41, 5.74) is 10.0. The van der Waals surface area contributed by atoms with Crippen LogP contribution in [0, 0.1) is 12.5 Å². The van der Waals surface area contributed by atoms with E-state index >= 15 is 0 Å². The molecule has 0 unspecified atom stereocenters. The van der Waals surface area contributed by atoms with Crippen molar-refractivity contribution >= 4 is 23.3 Å². The number of halogens is 1. The van der Waals surface area contributed by atoms with Crippen molar-refractivity contribution in [3.8, 4) is 17.3 Å². The number of nitrogens with zero attached hydrogens (tertiary/aromatic N) is 4. The number of rotatable bonds is 6. The van der Waals surface area contributed by atoms with Crippen LogP contribution in [-0.4, -0.2) is 28.1 Å². The Hall–Kier alpha value is -3.52. The van der Waals surface area contributed by atoms with Crippen LogP contribution in [0.3, 0.4) is 0 Å². The summed E-state index contributed by atoms with van der Waals surface area (Å²) in [5, 5.41) is 7.31. The Labute approximate surface area is 173 Å². The fourth-order valence-electron chi connectivity index (χ4n) is 2.59. The first-order valence-electron chi connectivity index (χ1n) is 8.70. The molecule has 148 valence electrons. The van der Waals surface area contributed by atoms with E-state index in [1.165, 1.54) is 7.05 Å². The molecule has 0 bridgehead atoms. The van der Waals surface area contributed by atoms with Gasteiger partial charge in [0.2, 0.25) is 5.88 Å². The van der Waals surface area contributed by atoms with E-state index < -0.39 is 6.03 Å². The molecule has 9 heteroatoms. The summed E-state index contributed by atoms with van der Waals surface area (Å²) in [4.78, 5) is 20.7. The van der Waals surface area contributed by atoms with E-state index in [4.69, 9.17) is 21.9 Å². The second-order valence-corrected chi connectivity index (χ2v) is 6.61. The first-order valence-corrected chi connectivity index (χ1v) is 9.08. The predicted molar refractivity (Wildman–Crippen MR) is 110 cm³/mol. The summed E-state index contributed by atoms with van der Waals surface area (Å²) in [6.07, 6.45) is 1.61. The minimum absolute atomic E-state index is 0.190. The lowest BCUT2D eigenvalue weighted by Crippen LogP contribution is -2.27. The fourth-order valence-corrected chi connectivity index (χ4v) is 2.78. The van der Waals surface area contributed by atoms with Crippen LogP contribution in [0.25, 0.3) is 11.4 Å². The van der Waals surface area contributed by atoms with Crippen molar-refractivity contribution in [2.45, 2.75) is 13.5 Å². The summed E-state index contributed by atoms with van der Waals surface area (Å²) in [6, 6.07) is 13.9. The van der Waals surface area contributed by atoms with Crippen LogP contribution < -0.4 is 10.1 Å². The zero-order valence-electron chi connectivity index (χ0n) is 15.9. The van der Waals surface area contributed by atoms with E-state index in [9.17, 15) is 4.79 Å². The van der Waals surface area contributed by atoms with Crippen molar-refractivity contribution in [2.24, 2.45) is 5.22 Å². The molecule has 3 aromatic rings. The number of aryl methyl sites for hydroxylation is 1. The largest absolute Gasteiger partial charge is 0.473 e. The van der Waals surface area contributed by atoms with E-state index in [0.717, 1.165) is 21.7 Å². The third-order valence-corrected chi connectivity index (χ3v) is 4.41. The van der Waals surface area contributed by atoms with Gasteiger partial charge in [0.15, 0.2) is 5.82 Å². The highest BCUT2D eigenvalue weighted by atomic mass is 35.5. The van der Waals surface area contributed by atoms with Crippen LogP contribution in [0.4, 0.5) is 10.5 Å². The van der Waals surface area contributed by atoms with E-state index in [0.29, 0.717) is 22.4 Å². The van der Waals surface area contributed by atoms with Crippen molar-refractivity contribution in [1.82, 2.24) is 15.0 Å². The SMILES string of the molecule is Cc1cccc(NC(=O)N(C)N=N)c1COc1ccnc(-c2cccc(Cl)c2)n1. The van der Waals surface area contributed by atoms with Gasteiger partial charge in [-0.25, -0.2) is 9.78 Å². The summed E-state index contributed by atoms with van der Waals surface area (Å²) >= 11 is 6.04. The minimum atomic E-state index is -0.517. The van der Waals surface area contributed by atoms with Gasteiger partial charge in [-0.15, -0.1) is 0 Å². The molecular weight excluding hydrogens is 392 g/mol. The summed E-state index contributed by atoms with van der Waals surface area (Å²) in [7, 11) is 1.40. The lowest BCUT2D eigenvalue weighted by molar-refractivity contribution is 0.220. The van der Waals surface area contributed by atoms with Crippen molar-refractivity contribution in [3.63, 3.8) is 0 Å². The molecular formula is C20H19ClN6O2. The van der Waals surface area contributed by atoms with E-state index in [1.807, 2.05) is 31.2 Å². The van der Waals surface area contributed by atoms with Crippen LogP contribution in [0.1, 0.15) is 11.1 Å². The molecule has 0 radical (unpaired) electrons. The Morgan fingerprint density at radius 3 is 2.83 bits per heavy atom. The fraction of sp³-hybridized carbons (Fsp3) is 0.150. The molecule has 0 fully saturated rings. The average molecular weight is 411 g/mol. The molecule has 8 nitrogen and oxygen atoms in total. The standard InChI is InChI=1S/C20H19ClN6O2/c1-13-5-3-8-17(24-20(28)27(2)26-22)16(13)12-29-18-9-10-23-19(25-18)14-6-4-7-15(21)11-14/h3-11,22H,12H2,1-2H3,(H,24,28). The lowest BCUT2D eigenvalue weighted by atomic mass is 10.1. The van der Waals surface area contributed by atoms with Gasteiger partial charge in [-0.05, 0) is 30.7 Å². The Morgan fingerprint density at radius 2 is 2.07 bits per heavy atom. The molecule has 0 aliphatic heterocycles. The number of anilines is 1. The van der Waals surface area contributed by atoms with Gasteiger partial charge in [-0.1, -0.05) is 41.1 Å². The maximum atomic E-state index is 12.0. The van der Waals surface area contributed by atoms with Crippen molar-refractivity contribution < 1.29 is 9.53 Å².